The van der Waals surface area contributed by atoms with E-state index in [-0.39, 0.29) is 6.42 Å². The number of carbonyl (C=O) groups is 1. The minimum absolute atomic E-state index is 0.280. The van der Waals surface area contributed by atoms with Gasteiger partial charge in [-0.15, -0.1) is 0 Å². The van der Waals surface area contributed by atoms with Crippen LogP contribution in [0.2, 0.25) is 0 Å². The van der Waals surface area contributed by atoms with Crippen LogP contribution in [0, 0.1) is 0 Å². The summed E-state index contributed by atoms with van der Waals surface area (Å²) in [6, 6.07) is 1.93. The Bertz CT molecular complexity index is 470. The van der Waals surface area contributed by atoms with Crippen molar-refractivity contribution in [3.63, 3.8) is 0 Å². The van der Waals surface area contributed by atoms with Crippen molar-refractivity contribution < 1.29 is 19.2 Å². The summed E-state index contributed by atoms with van der Waals surface area (Å²) < 4.78 is 10.8. The van der Waals surface area contributed by atoms with Gasteiger partial charge in [-0.3, -0.25) is 0 Å². The lowest BCUT2D eigenvalue weighted by Gasteiger charge is -2.21. The summed E-state index contributed by atoms with van der Waals surface area (Å²) in [4.78, 5) is 11.4. The molecule has 2 heterocycles. The number of aliphatic carboxylic acids is 1. The van der Waals surface area contributed by atoms with E-state index in [9.17, 15) is 9.90 Å². The lowest BCUT2D eigenvalue weighted by Crippen LogP contribution is -2.40. The Balaban J connectivity index is 1.71. The maximum absolute atomic E-state index is 11.4. The number of nitrogens with zero attached hydrogens (tertiary/aromatic N) is 1. The first-order chi connectivity index (χ1) is 9.70. The van der Waals surface area contributed by atoms with Crippen LogP contribution in [0.1, 0.15) is 62.3 Å². The Morgan fingerprint density at radius 3 is 2.80 bits per heavy atom. The van der Waals surface area contributed by atoms with Crippen molar-refractivity contribution in [1.29, 1.82) is 0 Å². The first kappa shape index (κ1) is 13.6. The van der Waals surface area contributed by atoms with Gasteiger partial charge in [0.1, 0.15) is 5.76 Å². The molecular formula is C15H21NO4. The monoisotopic (exact) mass is 279 g/mol. The van der Waals surface area contributed by atoms with E-state index in [2.05, 4.69) is 5.16 Å². The predicted molar refractivity (Wildman–Crippen MR) is 71.6 cm³/mol. The first-order valence-corrected chi connectivity index (χ1v) is 7.52. The first-order valence-electron chi connectivity index (χ1n) is 7.52. The molecule has 1 aliphatic heterocycles. The Labute approximate surface area is 118 Å². The molecule has 1 atom stereocenters. The average molecular weight is 279 g/mol. The number of rotatable bonds is 4. The molecule has 5 nitrogen and oxygen atoms in total. The highest BCUT2D eigenvalue weighted by molar-refractivity contribution is 5.78. The summed E-state index contributed by atoms with van der Waals surface area (Å²) in [5.74, 6) is 0.215. The van der Waals surface area contributed by atoms with Gasteiger partial charge in [-0.25, -0.2) is 4.79 Å². The van der Waals surface area contributed by atoms with E-state index in [1.807, 2.05) is 6.07 Å². The van der Waals surface area contributed by atoms with Gasteiger partial charge in [-0.05, 0) is 25.7 Å². The van der Waals surface area contributed by atoms with Crippen LogP contribution in [0.25, 0.3) is 0 Å². The second-order valence-electron chi connectivity index (χ2n) is 5.98. The second-order valence-corrected chi connectivity index (χ2v) is 5.98. The minimum Gasteiger partial charge on any atom is -0.479 e. The summed E-state index contributed by atoms with van der Waals surface area (Å²) in [5.41, 5.74) is -0.123. The normalized spacial score (nSPS) is 27.8. The van der Waals surface area contributed by atoms with Gasteiger partial charge in [-0.1, -0.05) is 24.4 Å². The van der Waals surface area contributed by atoms with Crippen molar-refractivity contribution in [2.24, 2.45) is 0 Å². The molecule has 1 N–H and O–H groups in total. The van der Waals surface area contributed by atoms with Gasteiger partial charge >= 0.3 is 5.97 Å². The average Bonchev–Trinajstić information content (AvgIpc) is 3.10. The van der Waals surface area contributed by atoms with Crippen LogP contribution in [0.5, 0.6) is 0 Å². The van der Waals surface area contributed by atoms with E-state index < -0.39 is 11.6 Å². The van der Waals surface area contributed by atoms with E-state index >= 15 is 0 Å². The Morgan fingerprint density at radius 1 is 1.35 bits per heavy atom. The molecule has 0 unspecified atom stereocenters. The standard InChI is InChI=1S/C15H21NO4/c17-14(18)15(7-4-8-19-15)10-12-9-13(16-20-12)11-5-2-1-3-6-11/h9,11H,1-8,10H2,(H,17,18)/t15-/m0/s1. The van der Waals surface area contributed by atoms with Crippen LogP contribution in [0.4, 0.5) is 0 Å². The molecule has 2 aliphatic rings. The van der Waals surface area contributed by atoms with Crippen molar-refractivity contribution in [2.75, 3.05) is 6.61 Å². The highest BCUT2D eigenvalue weighted by Crippen LogP contribution is 2.34. The zero-order chi connectivity index (χ0) is 14.0. The largest absolute Gasteiger partial charge is 0.479 e. The molecular weight excluding hydrogens is 258 g/mol. The van der Waals surface area contributed by atoms with Crippen LogP contribution >= 0.6 is 0 Å². The number of hydrogen-bond acceptors (Lipinski definition) is 4. The van der Waals surface area contributed by atoms with Gasteiger partial charge in [0.05, 0.1) is 5.69 Å². The smallest absolute Gasteiger partial charge is 0.336 e. The van der Waals surface area contributed by atoms with Crippen LogP contribution < -0.4 is 0 Å². The van der Waals surface area contributed by atoms with Crippen molar-refractivity contribution >= 4 is 5.97 Å². The van der Waals surface area contributed by atoms with Gasteiger partial charge in [0, 0.05) is 25.0 Å². The molecule has 5 heteroatoms. The van der Waals surface area contributed by atoms with E-state index in [1.165, 1.54) is 19.3 Å². The Hall–Kier alpha value is -1.36. The topological polar surface area (TPSA) is 72.6 Å². The maximum atomic E-state index is 11.4. The summed E-state index contributed by atoms with van der Waals surface area (Å²) in [5, 5.41) is 13.5. The van der Waals surface area contributed by atoms with Crippen molar-refractivity contribution in [2.45, 2.75) is 62.9 Å². The van der Waals surface area contributed by atoms with Crippen LogP contribution in [-0.2, 0) is 16.0 Å². The molecule has 0 bridgehead atoms. The number of carboxylic acids is 1. The third-order valence-electron chi connectivity index (χ3n) is 4.55. The third kappa shape index (κ3) is 2.59. The van der Waals surface area contributed by atoms with Crippen LogP contribution in [0.15, 0.2) is 10.6 Å². The van der Waals surface area contributed by atoms with Gasteiger partial charge in [0.25, 0.3) is 0 Å². The quantitative estimate of drug-likeness (QED) is 0.917. The van der Waals surface area contributed by atoms with Crippen LogP contribution in [-0.4, -0.2) is 28.4 Å². The van der Waals surface area contributed by atoms with E-state index in [1.54, 1.807) is 0 Å². The lowest BCUT2D eigenvalue weighted by molar-refractivity contribution is -0.160. The maximum Gasteiger partial charge on any atom is 0.336 e. The molecule has 20 heavy (non-hydrogen) atoms. The second kappa shape index (κ2) is 5.56. The summed E-state index contributed by atoms with van der Waals surface area (Å²) >= 11 is 0. The van der Waals surface area contributed by atoms with Gasteiger partial charge in [0.2, 0.25) is 0 Å². The van der Waals surface area contributed by atoms with E-state index in [0.717, 1.165) is 25.0 Å². The van der Waals surface area contributed by atoms with Gasteiger partial charge < -0.3 is 14.4 Å². The Morgan fingerprint density at radius 2 is 2.15 bits per heavy atom. The van der Waals surface area contributed by atoms with E-state index in [4.69, 9.17) is 9.26 Å². The molecule has 2 fully saturated rings. The van der Waals surface area contributed by atoms with Gasteiger partial charge in [0.15, 0.2) is 5.60 Å². The molecule has 1 aromatic heterocycles. The van der Waals surface area contributed by atoms with E-state index in [0.29, 0.717) is 24.7 Å². The molecule has 0 amide bonds. The van der Waals surface area contributed by atoms with Gasteiger partial charge in [-0.2, -0.15) is 0 Å². The molecule has 0 aromatic carbocycles. The predicted octanol–water partition coefficient (Wildman–Crippen LogP) is 2.90. The number of hydrogen-bond donors (Lipinski definition) is 1. The number of ether oxygens (including phenoxy) is 1. The Kier molecular flexibility index (Phi) is 3.78. The zero-order valence-corrected chi connectivity index (χ0v) is 11.6. The highest BCUT2D eigenvalue weighted by atomic mass is 16.5. The number of aromatic nitrogens is 1. The molecule has 110 valence electrons. The highest BCUT2D eigenvalue weighted by Gasteiger charge is 2.44. The fourth-order valence-electron chi connectivity index (χ4n) is 3.37. The minimum atomic E-state index is -1.11. The molecule has 1 saturated heterocycles. The lowest BCUT2D eigenvalue weighted by atomic mass is 9.86. The summed E-state index contributed by atoms with van der Waals surface area (Å²) in [6.07, 6.45) is 7.72. The van der Waals surface area contributed by atoms with Crippen molar-refractivity contribution in [1.82, 2.24) is 5.16 Å². The summed E-state index contributed by atoms with van der Waals surface area (Å²) in [7, 11) is 0. The zero-order valence-electron chi connectivity index (χ0n) is 11.6. The molecule has 1 aliphatic carbocycles. The SMILES string of the molecule is O=C(O)[C@@]1(Cc2cc(C3CCCCC3)no2)CCCO1. The molecule has 1 saturated carbocycles. The molecule has 3 rings (SSSR count). The van der Waals surface area contributed by atoms with Crippen LogP contribution in [0.3, 0.4) is 0 Å². The number of carboxylic acid groups (broad SMARTS) is 1. The fourth-order valence-corrected chi connectivity index (χ4v) is 3.37. The molecule has 1 aromatic rings. The molecule has 0 spiro atoms. The van der Waals surface area contributed by atoms with Crippen molar-refractivity contribution in [3.8, 4) is 0 Å². The summed E-state index contributed by atoms with van der Waals surface area (Å²) in [6.45, 7) is 0.510. The fraction of sp³-hybridized carbons (Fsp3) is 0.733. The third-order valence-corrected chi connectivity index (χ3v) is 4.55. The van der Waals surface area contributed by atoms with Crippen molar-refractivity contribution in [3.05, 3.63) is 17.5 Å². The molecule has 0 radical (unpaired) electrons.